The number of anilines is 1. The van der Waals surface area contributed by atoms with Crippen LogP contribution in [0.15, 0.2) is 59.5 Å². The second-order valence-corrected chi connectivity index (χ2v) is 7.74. The Hall–Kier alpha value is -1.82. The molecule has 0 aliphatic carbocycles. The quantitative estimate of drug-likeness (QED) is 0.766. The summed E-state index contributed by atoms with van der Waals surface area (Å²) in [5, 5.41) is 3.04. The first-order valence-corrected chi connectivity index (χ1v) is 10.3. The van der Waals surface area contributed by atoms with Gasteiger partial charge in [0.15, 0.2) is 0 Å². The number of carbonyl (C=O) groups excluding carboxylic acids is 1. The number of likely N-dealkylation sites (tertiary alicyclic amines) is 1. The summed E-state index contributed by atoms with van der Waals surface area (Å²) >= 11 is 1.69. The fourth-order valence-electron chi connectivity index (χ4n) is 3.62. The van der Waals surface area contributed by atoms with Crippen LogP contribution in [0.2, 0.25) is 0 Å². The molecule has 0 bridgehead atoms. The highest BCUT2D eigenvalue weighted by Gasteiger charge is 2.36. The predicted octanol–water partition coefficient (Wildman–Crippen LogP) is 3.41. The number of benzene rings is 2. The first-order chi connectivity index (χ1) is 12.6. The Kier molecular flexibility index (Phi) is 6.35. The van der Waals surface area contributed by atoms with E-state index in [2.05, 4.69) is 34.5 Å². The van der Waals surface area contributed by atoms with Crippen molar-refractivity contribution in [2.75, 3.05) is 31.2 Å². The highest BCUT2D eigenvalue weighted by molar-refractivity contribution is 7.98. The number of nitrogens with one attached hydrogen (secondary N) is 1. The van der Waals surface area contributed by atoms with E-state index in [0.29, 0.717) is 18.4 Å². The van der Waals surface area contributed by atoms with E-state index in [0.717, 1.165) is 18.8 Å². The van der Waals surface area contributed by atoms with Crippen LogP contribution in [0.25, 0.3) is 0 Å². The zero-order chi connectivity index (χ0) is 18.5. The Morgan fingerprint density at radius 3 is 2.50 bits per heavy atom. The van der Waals surface area contributed by atoms with Crippen molar-refractivity contribution in [3.05, 3.63) is 60.2 Å². The lowest BCUT2D eigenvalue weighted by molar-refractivity contribution is -0.120. The fraction of sp³-hybridized carbons (Fsp3) is 0.381. The largest absolute Gasteiger partial charge is 0.330 e. The number of nitrogens with two attached hydrogens (primary N) is 1. The minimum atomic E-state index is -0.182. The molecule has 0 aromatic heterocycles. The fourth-order valence-corrected chi connectivity index (χ4v) is 4.03. The third kappa shape index (κ3) is 4.29. The van der Waals surface area contributed by atoms with Crippen LogP contribution in [0, 0.1) is 5.92 Å². The zero-order valence-electron chi connectivity index (χ0n) is 15.4. The van der Waals surface area contributed by atoms with Crippen molar-refractivity contribution < 1.29 is 4.79 Å². The van der Waals surface area contributed by atoms with Gasteiger partial charge in [0.05, 0.1) is 6.04 Å². The van der Waals surface area contributed by atoms with E-state index < -0.39 is 0 Å². The number of carbonyl (C=O) groups is 1. The van der Waals surface area contributed by atoms with E-state index in [4.69, 9.17) is 5.73 Å². The molecule has 1 unspecified atom stereocenters. The lowest BCUT2D eigenvalue weighted by atomic mass is 9.89. The first kappa shape index (κ1) is 19.0. The zero-order valence-corrected chi connectivity index (χ0v) is 16.2. The van der Waals surface area contributed by atoms with E-state index in [1.54, 1.807) is 11.8 Å². The lowest BCUT2D eigenvalue weighted by Gasteiger charge is -2.23. The summed E-state index contributed by atoms with van der Waals surface area (Å²) in [6.07, 6.45) is 2.04. The van der Waals surface area contributed by atoms with Crippen molar-refractivity contribution in [1.29, 1.82) is 0 Å². The van der Waals surface area contributed by atoms with E-state index in [1.165, 1.54) is 10.5 Å². The number of rotatable bonds is 6. The summed E-state index contributed by atoms with van der Waals surface area (Å²) in [6, 6.07) is 18.3. The van der Waals surface area contributed by atoms with E-state index in [1.807, 2.05) is 43.5 Å². The number of amides is 1. The Labute approximate surface area is 160 Å². The van der Waals surface area contributed by atoms with Crippen LogP contribution in [-0.2, 0) is 4.79 Å². The third-order valence-corrected chi connectivity index (χ3v) is 6.03. The van der Waals surface area contributed by atoms with Crippen molar-refractivity contribution >= 4 is 23.4 Å². The molecular weight excluding hydrogens is 342 g/mol. The molecule has 1 aliphatic rings. The summed E-state index contributed by atoms with van der Waals surface area (Å²) in [5.41, 5.74) is 8.17. The van der Waals surface area contributed by atoms with Gasteiger partial charge >= 0.3 is 0 Å². The topological polar surface area (TPSA) is 58.4 Å². The van der Waals surface area contributed by atoms with Crippen LogP contribution in [0.4, 0.5) is 5.69 Å². The van der Waals surface area contributed by atoms with Crippen LogP contribution in [-0.4, -0.2) is 42.7 Å². The molecule has 26 heavy (non-hydrogen) atoms. The summed E-state index contributed by atoms with van der Waals surface area (Å²) in [6.45, 7) is 4.34. The molecule has 1 saturated heterocycles. The number of nitrogens with zero attached hydrogens (tertiary/aromatic N) is 1. The lowest BCUT2D eigenvalue weighted by Crippen LogP contribution is -2.41. The molecule has 3 rings (SSSR count). The SMILES string of the molecule is CSc1ccc(NC(=O)C(C)N2C[C@@H](CN)[C@H](c3ccccc3)C2)cc1. The third-order valence-electron chi connectivity index (χ3n) is 5.28. The molecule has 5 heteroatoms. The number of thioether (sulfide) groups is 1. The maximum Gasteiger partial charge on any atom is 0.241 e. The van der Waals surface area contributed by atoms with Gasteiger partial charge in [0.2, 0.25) is 5.91 Å². The molecule has 1 amide bonds. The molecule has 2 aromatic rings. The van der Waals surface area contributed by atoms with E-state index in [9.17, 15) is 4.79 Å². The molecule has 4 nitrogen and oxygen atoms in total. The van der Waals surface area contributed by atoms with Crippen molar-refractivity contribution in [3.8, 4) is 0 Å². The maximum atomic E-state index is 12.7. The monoisotopic (exact) mass is 369 g/mol. The van der Waals surface area contributed by atoms with Crippen molar-refractivity contribution in [3.63, 3.8) is 0 Å². The highest BCUT2D eigenvalue weighted by atomic mass is 32.2. The average molecular weight is 370 g/mol. The Morgan fingerprint density at radius 1 is 1.19 bits per heavy atom. The second-order valence-electron chi connectivity index (χ2n) is 6.86. The normalized spacial score (nSPS) is 21.5. The maximum absolute atomic E-state index is 12.7. The Morgan fingerprint density at radius 2 is 1.88 bits per heavy atom. The number of hydrogen-bond donors (Lipinski definition) is 2. The van der Waals surface area contributed by atoms with Gasteiger partial charge in [-0.05, 0) is 55.5 Å². The number of hydrogen-bond acceptors (Lipinski definition) is 4. The van der Waals surface area contributed by atoms with Gasteiger partial charge in [-0.3, -0.25) is 9.69 Å². The van der Waals surface area contributed by atoms with Crippen molar-refractivity contribution in [2.45, 2.75) is 23.8 Å². The van der Waals surface area contributed by atoms with Crippen molar-refractivity contribution in [1.82, 2.24) is 4.90 Å². The minimum absolute atomic E-state index is 0.0337. The molecule has 0 saturated carbocycles. The Bertz CT molecular complexity index is 720. The van der Waals surface area contributed by atoms with Gasteiger partial charge in [-0.1, -0.05) is 30.3 Å². The van der Waals surface area contributed by atoms with E-state index >= 15 is 0 Å². The van der Waals surface area contributed by atoms with Crippen molar-refractivity contribution in [2.24, 2.45) is 11.7 Å². The smallest absolute Gasteiger partial charge is 0.241 e. The summed E-state index contributed by atoms with van der Waals surface area (Å²) in [7, 11) is 0. The summed E-state index contributed by atoms with van der Waals surface area (Å²) in [5.74, 6) is 0.803. The molecule has 0 spiro atoms. The van der Waals surface area contributed by atoms with Crippen LogP contribution in [0.1, 0.15) is 18.4 Å². The molecule has 138 valence electrons. The predicted molar refractivity (Wildman–Crippen MR) is 110 cm³/mol. The first-order valence-electron chi connectivity index (χ1n) is 9.06. The van der Waals surface area contributed by atoms with Crippen LogP contribution in [0.3, 0.4) is 0 Å². The van der Waals surface area contributed by atoms with E-state index in [-0.39, 0.29) is 11.9 Å². The molecule has 3 N–H and O–H groups in total. The highest BCUT2D eigenvalue weighted by Crippen LogP contribution is 2.33. The van der Waals surface area contributed by atoms with Gasteiger partial charge in [-0.2, -0.15) is 0 Å². The molecular formula is C21H27N3OS. The van der Waals surface area contributed by atoms with Crippen LogP contribution >= 0.6 is 11.8 Å². The molecule has 2 aromatic carbocycles. The molecule has 3 atom stereocenters. The average Bonchev–Trinajstić information content (AvgIpc) is 3.13. The molecule has 1 aliphatic heterocycles. The molecule has 1 fully saturated rings. The van der Waals surface area contributed by atoms with Crippen LogP contribution in [0.5, 0.6) is 0 Å². The van der Waals surface area contributed by atoms with Crippen LogP contribution < -0.4 is 11.1 Å². The van der Waals surface area contributed by atoms with Gasteiger partial charge in [0, 0.05) is 29.6 Å². The van der Waals surface area contributed by atoms with Gasteiger partial charge in [0.25, 0.3) is 0 Å². The summed E-state index contributed by atoms with van der Waals surface area (Å²) < 4.78 is 0. The van der Waals surface area contributed by atoms with Gasteiger partial charge in [-0.25, -0.2) is 0 Å². The summed E-state index contributed by atoms with van der Waals surface area (Å²) in [4.78, 5) is 16.1. The minimum Gasteiger partial charge on any atom is -0.330 e. The molecule has 1 heterocycles. The van der Waals surface area contributed by atoms with Gasteiger partial charge < -0.3 is 11.1 Å². The van der Waals surface area contributed by atoms with Gasteiger partial charge in [0.1, 0.15) is 0 Å². The Balaban J connectivity index is 1.65. The molecule has 0 radical (unpaired) electrons. The second kappa shape index (κ2) is 8.71. The van der Waals surface area contributed by atoms with Gasteiger partial charge in [-0.15, -0.1) is 11.8 Å². The standard InChI is InChI=1S/C21H27N3OS/c1-15(21(25)23-18-8-10-19(26-2)11-9-18)24-13-17(12-22)20(14-24)16-6-4-3-5-7-16/h3-11,15,17,20H,12-14,22H2,1-2H3,(H,23,25)/t15?,17-,20+/m1/s1.